The second-order valence-corrected chi connectivity index (χ2v) is 6.20. The smallest absolute Gasteiger partial charge is 0.323 e. The van der Waals surface area contributed by atoms with Gasteiger partial charge in [-0.05, 0) is 43.6 Å². The first-order chi connectivity index (χ1) is 11.4. The van der Waals surface area contributed by atoms with Crippen LogP contribution >= 0.6 is 0 Å². The molecule has 0 radical (unpaired) electrons. The summed E-state index contributed by atoms with van der Waals surface area (Å²) < 4.78 is 0. The molecule has 7 nitrogen and oxygen atoms in total. The predicted molar refractivity (Wildman–Crippen MR) is 88.2 cm³/mol. The number of nitrogens with zero attached hydrogens (tertiary/aromatic N) is 2. The Balaban J connectivity index is 1.89. The molecule has 0 atom stereocenters. The Labute approximate surface area is 141 Å². The molecule has 1 heterocycles. The fourth-order valence-corrected chi connectivity index (χ4v) is 2.88. The Morgan fingerprint density at radius 2 is 1.79 bits per heavy atom. The van der Waals surface area contributed by atoms with E-state index < -0.39 is 5.97 Å². The number of piperidine rings is 1. The fourth-order valence-electron chi connectivity index (χ4n) is 2.88. The molecule has 130 valence electrons. The Hall–Kier alpha value is -2.41. The summed E-state index contributed by atoms with van der Waals surface area (Å²) in [5.41, 5.74) is 6.88. The van der Waals surface area contributed by atoms with Crippen LogP contribution in [0.2, 0.25) is 0 Å². The molecule has 0 bridgehead atoms. The summed E-state index contributed by atoms with van der Waals surface area (Å²) in [5, 5.41) is 8.73. The zero-order valence-corrected chi connectivity index (χ0v) is 13.8. The zero-order chi connectivity index (χ0) is 17.7. The lowest BCUT2D eigenvalue weighted by atomic mass is 9.96. The van der Waals surface area contributed by atoms with Crippen molar-refractivity contribution >= 4 is 17.8 Å². The summed E-state index contributed by atoms with van der Waals surface area (Å²) in [6, 6.07) is 7.18. The van der Waals surface area contributed by atoms with Gasteiger partial charge in [-0.25, -0.2) is 0 Å². The molecule has 1 aromatic carbocycles. The van der Waals surface area contributed by atoms with Crippen molar-refractivity contribution in [2.24, 2.45) is 11.7 Å². The maximum absolute atomic E-state index is 12.1. The number of carbonyl (C=O) groups is 3. The van der Waals surface area contributed by atoms with Gasteiger partial charge in [-0.3, -0.25) is 19.3 Å². The highest BCUT2D eigenvalue weighted by molar-refractivity contribution is 5.95. The highest BCUT2D eigenvalue weighted by atomic mass is 16.4. The Bertz CT molecular complexity index is 607. The molecule has 1 aliphatic heterocycles. The highest BCUT2D eigenvalue weighted by Gasteiger charge is 2.23. The first-order valence-corrected chi connectivity index (χ1v) is 7.94. The lowest BCUT2D eigenvalue weighted by Crippen LogP contribution is -2.38. The zero-order valence-electron chi connectivity index (χ0n) is 13.8. The molecule has 0 aliphatic carbocycles. The molecule has 1 saturated heterocycles. The lowest BCUT2D eigenvalue weighted by molar-refractivity contribution is -0.137. The molecule has 1 aromatic rings. The quantitative estimate of drug-likeness (QED) is 0.791. The number of likely N-dealkylation sites (N-methyl/N-ethyl adjacent to an activating group) is 1. The van der Waals surface area contributed by atoms with E-state index in [1.165, 1.54) is 11.9 Å². The third kappa shape index (κ3) is 4.79. The average Bonchev–Trinajstić information content (AvgIpc) is 2.54. The largest absolute Gasteiger partial charge is 0.480 e. The van der Waals surface area contributed by atoms with E-state index in [4.69, 9.17) is 10.8 Å². The van der Waals surface area contributed by atoms with Crippen molar-refractivity contribution in [1.82, 2.24) is 9.80 Å². The van der Waals surface area contributed by atoms with E-state index in [0.29, 0.717) is 5.56 Å². The van der Waals surface area contributed by atoms with Gasteiger partial charge in [0.15, 0.2) is 0 Å². The highest BCUT2D eigenvalue weighted by Crippen LogP contribution is 2.19. The molecular weight excluding hydrogens is 310 g/mol. The van der Waals surface area contributed by atoms with Gasteiger partial charge in [-0.1, -0.05) is 12.1 Å². The van der Waals surface area contributed by atoms with Crippen molar-refractivity contribution in [2.45, 2.75) is 19.4 Å². The number of primary amides is 1. The van der Waals surface area contributed by atoms with E-state index >= 15 is 0 Å². The molecule has 0 unspecified atom stereocenters. The third-order valence-corrected chi connectivity index (χ3v) is 4.32. The molecule has 0 spiro atoms. The fraction of sp³-hybridized carbons (Fsp3) is 0.471. The van der Waals surface area contributed by atoms with Crippen LogP contribution in [0.1, 0.15) is 28.8 Å². The third-order valence-electron chi connectivity index (χ3n) is 4.32. The number of hydrogen-bond donors (Lipinski definition) is 2. The van der Waals surface area contributed by atoms with Crippen LogP contribution in [-0.4, -0.2) is 59.4 Å². The molecule has 3 N–H and O–H groups in total. The van der Waals surface area contributed by atoms with E-state index in [0.717, 1.165) is 38.0 Å². The molecule has 1 aliphatic rings. The van der Waals surface area contributed by atoms with Gasteiger partial charge in [0.2, 0.25) is 5.91 Å². The van der Waals surface area contributed by atoms with Crippen LogP contribution in [-0.2, 0) is 16.1 Å². The number of hydrogen-bond acceptors (Lipinski definition) is 4. The van der Waals surface area contributed by atoms with Crippen LogP contribution in [0.3, 0.4) is 0 Å². The predicted octanol–water partition coefficient (Wildman–Crippen LogP) is 0.541. The Kier molecular flexibility index (Phi) is 5.92. The molecule has 7 heteroatoms. The topological polar surface area (TPSA) is 104 Å². The summed E-state index contributed by atoms with van der Waals surface area (Å²) >= 11 is 0. The lowest BCUT2D eigenvalue weighted by Gasteiger charge is -2.30. The summed E-state index contributed by atoms with van der Waals surface area (Å²) in [5.74, 6) is -1.60. The van der Waals surface area contributed by atoms with Crippen LogP contribution < -0.4 is 5.73 Å². The number of likely N-dealkylation sites (tertiary alicyclic amines) is 1. The van der Waals surface area contributed by atoms with Crippen molar-refractivity contribution in [3.63, 3.8) is 0 Å². The van der Waals surface area contributed by atoms with Crippen LogP contribution in [0.4, 0.5) is 0 Å². The van der Waals surface area contributed by atoms with E-state index in [2.05, 4.69) is 4.90 Å². The Morgan fingerprint density at radius 3 is 2.29 bits per heavy atom. The van der Waals surface area contributed by atoms with Crippen LogP contribution in [0.5, 0.6) is 0 Å². The summed E-state index contributed by atoms with van der Waals surface area (Å²) in [7, 11) is 1.47. The second-order valence-electron chi connectivity index (χ2n) is 6.20. The van der Waals surface area contributed by atoms with Gasteiger partial charge in [-0.2, -0.15) is 0 Å². The van der Waals surface area contributed by atoms with Crippen LogP contribution in [0, 0.1) is 5.92 Å². The number of rotatable bonds is 6. The van der Waals surface area contributed by atoms with Gasteiger partial charge < -0.3 is 15.7 Å². The number of carboxylic acids is 1. The van der Waals surface area contributed by atoms with Crippen molar-refractivity contribution in [2.75, 3.05) is 26.7 Å². The minimum absolute atomic E-state index is 0.0222. The van der Waals surface area contributed by atoms with Crippen molar-refractivity contribution in [3.8, 4) is 0 Å². The number of amides is 2. The van der Waals surface area contributed by atoms with Gasteiger partial charge in [0.25, 0.3) is 5.91 Å². The Morgan fingerprint density at radius 1 is 1.21 bits per heavy atom. The number of nitrogens with two attached hydrogens (primary N) is 1. The number of aliphatic carboxylic acids is 1. The standard InChI is InChI=1S/C17H23N3O4/c1-19(11-15(21)22)17(24)14-4-2-12(3-5-14)10-20-8-6-13(7-9-20)16(18)23/h2-5,13H,6-11H2,1H3,(H2,18,23)(H,21,22). The number of benzene rings is 1. The summed E-state index contributed by atoms with van der Waals surface area (Å²) in [4.78, 5) is 37.4. The second kappa shape index (κ2) is 7.92. The van der Waals surface area contributed by atoms with Crippen molar-refractivity contribution in [1.29, 1.82) is 0 Å². The van der Waals surface area contributed by atoms with E-state index in [9.17, 15) is 14.4 Å². The maximum Gasteiger partial charge on any atom is 0.323 e. The SMILES string of the molecule is CN(CC(=O)O)C(=O)c1ccc(CN2CCC(C(N)=O)CC2)cc1. The molecule has 2 rings (SSSR count). The van der Waals surface area contributed by atoms with Gasteiger partial charge in [0.1, 0.15) is 6.54 Å². The number of carbonyl (C=O) groups excluding carboxylic acids is 2. The molecule has 2 amide bonds. The molecule has 0 saturated carbocycles. The van der Waals surface area contributed by atoms with Gasteiger partial charge in [-0.15, -0.1) is 0 Å². The number of carboxylic acid groups (broad SMARTS) is 1. The average molecular weight is 333 g/mol. The maximum atomic E-state index is 12.1. The van der Waals surface area contributed by atoms with Crippen molar-refractivity contribution in [3.05, 3.63) is 35.4 Å². The van der Waals surface area contributed by atoms with Gasteiger partial charge in [0.05, 0.1) is 0 Å². The van der Waals surface area contributed by atoms with Gasteiger partial charge >= 0.3 is 5.97 Å². The molecule has 24 heavy (non-hydrogen) atoms. The monoisotopic (exact) mass is 333 g/mol. The first-order valence-electron chi connectivity index (χ1n) is 7.94. The first kappa shape index (κ1) is 17.9. The van der Waals surface area contributed by atoms with Crippen molar-refractivity contribution < 1.29 is 19.5 Å². The van der Waals surface area contributed by atoms with Crippen LogP contribution in [0.15, 0.2) is 24.3 Å². The molecule has 0 aromatic heterocycles. The normalized spacial score (nSPS) is 15.9. The van der Waals surface area contributed by atoms with E-state index in [1.54, 1.807) is 12.1 Å². The van der Waals surface area contributed by atoms with E-state index in [-0.39, 0.29) is 24.3 Å². The van der Waals surface area contributed by atoms with Gasteiger partial charge in [0, 0.05) is 25.1 Å². The minimum Gasteiger partial charge on any atom is -0.480 e. The minimum atomic E-state index is -1.04. The summed E-state index contributed by atoms with van der Waals surface area (Å²) in [6.07, 6.45) is 1.57. The summed E-state index contributed by atoms with van der Waals surface area (Å²) in [6.45, 7) is 2.09. The molecule has 1 fully saturated rings. The van der Waals surface area contributed by atoms with Crippen LogP contribution in [0.25, 0.3) is 0 Å². The molecular formula is C17H23N3O4. The van der Waals surface area contributed by atoms with E-state index in [1.807, 2.05) is 12.1 Å².